The van der Waals surface area contributed by atoms with E-state index in [1.807, 2.05) is 0 Å². The lowest BCUT2D eigenvalue weighted by Crippen LogP contribution is -2.66. The number of allylic oxidation sites excluding steroid dienone is 1. The Balaban J connectivity index is 5.90. The van der Waals surface area contributed by atoms with Crippen molar-refractivity contribution in [3.63, 3.8) is 0 Å². The van der Waals surface area contributed by atoms with E-state index in [0.717, 1.165) is 0 Å². The maximum atomic E-state index is 13.0. The minimum absolute atomic E-state index is 1.55. The van der Waals surface area contributed by atoms with Gasteiger partial charge in [0.05, 0.1) is 6.08 Å². The molecule has 2 nitrogen and oxygen atoms in total. The van der Waals surface area contributed by atoms with Crippen molar-refractivity contribution in [3.8, 4) is 0 Å². The van der Waals surface area contributed by atoms with E-state index in [2.05, 4.69) is 4.74 Å². The second-order valence-electron chi connectivity index (χ2n) is 4.51. The molecule has 0 amide bonds. The lowest BCUT2D eigenvalue weighted by molar-refractivity contribution is -0.419. The predicted molar refractivity (Wildman–Crippen MR) is 52.0 cm³/mol. The molecule has 0 aliphatic rings. The summed E-state index contributed by atoms with van der Waals surface area (Å²) in [5.74, 6) is -37.6. The lowest BCUT2D eigenvalue weighted by Gasteiger charge is -2.36. The van der Waals surface area contributed by atoms with Crippen molar-refractivity contribution < 1.29 is 75.4 Å². The van der Waals surface area contributed by atoms with Crippen LogP contribution in [0.15, 0.2) is 11.9 Å². The van der Waals surface area contributed by atoms with E-state index in [1.165, 1.54) is 0 Å². The van der Waals surface area contributed by atoms with Gasteiger partial charge < -0.3 is 4.74 Å². The fourth-order valence-electron chi connectivity index (χ4n) is 1.11. The Kier molecular flexibility index (Phi) is 6.48. The van der Waals surface area contributed by atoms with Crippen molar-refractivity contribution in [1.82, 2.24) is 0 Å². The second kappa shape index (κ2) is 6.96. The van der Waals surface area contributed by atoms with Crippen LogP contribution >= 0.6 is 0 Å². The molecule has 0 saturated carbocycles. The molecule has 0 rings (SSSR count). The van der Waals surface area contributed by atoms with E-state index < -0.39 is 60.5 Å². The fraction of sp³-hybridized carbons (Fsp3) is 0.700. The van der Waals surface area contributed by atoms with Crippen LogP contribution in [-0.4, -0.2) is 48.6 Å². The van der Waals surface area contributed by atoms with Crippen LogP contribution in [-0.2, 0) is 9.53 Å². The number of carbonyl (C=O) groups excluding carboxylic acids is 1. The highest BCUT2D eigenvalue weighted by molar-refractivity contribution is 5.82. The van der Waals surface area contributed by atoms with Crippen LogP contribution in [0.5, 0.6) is 0 Å². The van der Waals surface area contributed by atoms with Crippen molar-refractivity contribution in [3.05, 3.63) is 11.9 Å². The molecule has 0 aromatic heterocycles. The Morgan fingerprint density at radius 1 is 0.704 bits per heavy atom. The molecule has 27 heavy (non-hydrogen) atoms. The zero-order valence-corrected chi connectivity index (χ0v) is 11.8. The van der Waals surface area contributed by atoms with Gasteiger partial charge in [-0.05, 0) is 0 Å². The largest absolute Gasteiger partial charge is 0.460 e. The van der Waals surface area contributed by atoms with Gasteiger partial charge in [-0.3, -0.25) is 0 Å². The highest BCUT2D eigenvalue weighted by Gasteiger charge is 2.87. The first-order valence-electron chi connectivity index (χ1n) is 5.71. The molecule has 0 aromatic rings. The molecule has 0 aliphatic heterocycles. The Morgan fingerprint density at radius 2 is 1.11 bits per heavy atom. The van der Waals surface area contributed by atoms with Crippen LogP contribution in [0.3, 0.4) is 0 Å². The lowest BCUT2D eigenvalue weighted by atomic mass is 9.97. The highest BCUT2D eigenvalue weighted by Crippen LogP contribution is 2.58. The van der Waals surface area contributed by atoms with E-state index in [-0.39, 0.29) is 0 Å². The normalized spacial score (nSPS) is 15.7. The van der Waals surface area contributed by atoms with Crippen molar-refractivity contribution in [1.29, 1.82) is 0 Å². The van der Waals surface area contributed by atoms with Gasteiger partial charge in [-0.1, -0.05) is 0 Å². The smallest absolute Gasteiger partial charge is 0.453 e. The van der Waals surface area contributed by atoms with Crippen LogP contribution in [0.1, 0.15) is 0 Å². The number of hydrogen-bond donors (Lipinski definition) is 0. The summed E-state index contributed by atoms with van der Waals surface area (Å²) in [6.45, 7) is -2.58. The Hall–Kier alpha value is -1.84. The number of rotatable bonds is 6. The van der Waals surface area contributed by atoms with E-state index in [1.54, 1.807) is 0 Å². The van der Waals surface area contributed by atoms with Gasteiger partial charge in [-0.2, -0.15) is 61.5 Å². The molecule has 0 aliphatic carbocycles. The van der Waals surface area contributed by atoms with Gasteiger partial charge in [0, 0.05) is 0 Å². The molecule has 0 bridgehead atoms. The Labute approximate surface area is 137 Å². The summed E-state index contributed by atoms with van der Waals surface area (Å²) >= 11 is 0. The van der Waals surface area contributed by atoms with Crippen LogP contribution < -0.4 is 0 Å². The number of hydrogen-bond acceptors (Lipinski definition) is 2. The van der Waals surface area contributed by atoms with Crippen molar-refractivity contribution in [2.75, 3.05) is 6.61 Å². The minimum atomic E-state index is -7.94. The number of carbonyl (C=O) groups is 1. The molecule has 0 radical (unpaired) electrons. The van der Waals surface area contributed by atoms with E-state index >= 15 is 0 Å². The molecule has 160 valence electrons. The predicted octanol–water partition coefficient (Wildman–Crippen LogP) is 5.05. The number of ether oxygens (including phenoxy) is 1. The number of esters is 1. The van der Waals surface area contributed by atoms with Crippen LogP contribution in [0.4, 0.5) is 65.9 Å². The highest BCUT2D eigenvalue weighted by atomic mass is 19.4. The van der Waals surface area contributed by atoms with Crippen molar-refractivity contribution in [2.24, 2.45) is 0 Å². The molecule has 0 aromatic carbocycles. The van der Waals surface area contributed by atoms with E-state index in [0.29, 0.717) is 0 Å². The van der Waals surface area contributed by atoms with E-state index in [9.17, 15) is 70.7 Å². The van der Waals surface area contributed by atoms with Gasteiger partial charge in [0.25, 0.3) is 0 Å². The molecule has 0 spiro atoms. The zero-order chi connectivity index (χ0) is 22.3. The standard InChI is InChI=1S/C10H3F15O2/c11-3(1-4(26)27-2-5(12,13)14)6(15,16)7(17,18)8(19,20)9(21,22)10(23,24)25/h1H,2H2/b3-1-. The minimum Gasteiger partial charge on any atom is -0.453 e. The second-order valence-corrected chi connectivity index (χ2v) is 4.51. The Morgan fingerprint density at radius 3 is 1.44 bits per heavy atom. The maximum Gasteiger partial charge on any atom is 0.460 e. The maximum absolute atomic E-state index is 13.0. The summed E-state index contributed by atoms with van der Waals surface area (Å²) in [4.78, 5) is 10.5. The first kappa shape index (κ1) is 25.2. The van der Waals surface area contributed by atoms with Gasteiger partial charge in [-0.15, -0.1) is 0 Å². The molecular formula is C10H3F15O2. The third kappa shape index (κ3) is 4.72. The first-order valence-corrected chi connectivity index (χ1v) is 5.71. The first-order chi connectivity index (χ1) is 11.5. The summed E-state index contributed by atoms with van der Waals surface area (Å²) in [7, 11) is 0. The molecule has 0 heterocycles. The van der Waals surface area contributed by atoms with Gasteiger partial charge in [0.2, 0.25) is 0 Å². The summed E-state index contributed by atoms with van der Waals surface area (Å²) in [6.07, 6.45) is -14.4. The number of halogens is 15. The molecular weight excluding hydrogens is 437 g/mol. The zero-order valence-electron chi connectivity index (χ0n) is 11.8. The monoisotopic (exact) mass is 440 g/mol. The third-order valence-corrected chi connectivity index (χ3v) is 2.46. The van der Waals surface area contributed by atoms with E-state index in [4.69, 9.17) is 0 Å². The van der Waals surface area contributed by atoms with Crippen LogP contribution in [0.2, 0.25) is 0 Å². The van der Waals surface area contributed by atoms with Crippen molar-refractivity contribution in [2.45, 2.75) is 36.0 Å². The molecule has 0 saturated heterocycles. The van der Waals surface area contributed by atoms with Gasteiger partial charge >= 0.3 is 42.0 Å². The quantitative estimate of drug-likeness (QED) is 0.329. The fourth-order valence-corrected chi connectivity index (χ4v) is 1.11. The van der Waals surface area contributed by atoms with Crippen LogP contribution in [0.25, 0.3) is 0 Å². The molecule has 0 unspecified atom stereocenters. The van der Waals surface area contributed by atoms with Gasteiger partial charge in [-0.25, -0.2) is 9.18 Å². The molecule has 17 heteroatoms. The summed E-state index contributed by atoms with van der Waals surface area (Å²) in [6, 6.07) is 0. The summed E-state index contributed by atoms with van der Waals surface area (Å²) < 4.78 is 189. The number of alkyl halides is 14. The molecule has 0 fully saturated rings. The van der Waals surface area contributed by atoms with Crippen LogP contribution in [0, 0.1) is 0 Å². The summed E-state index contributed by atoms with van der Waals surface area (Å²) in [5, 5.41) is 0. The average Bonchev–Trinajstić information content (AvgIpc) is 2.42. The third-order valence-electron chi connectivity index (χ3n) is 2.46. The SMILES string of the molecule is O=C(/C=C(\F)C(F)(F)C(F)(F)C(F)(F)C(F)(F)C(F)(F)F)OCC(F)(F)F. The molecule has 0 N–H and O–H groups in total. The average molecular weight is 440 g/mol. The van der Waals surface area contributed by atoms with Crippen molar-refractivity contribution >= 4 is 5.97 Å². The molecule has 0 atom stereocenters. The Bertz CT molecular complexity index is 582. The summed E-state index contributed by atoms with van der Waals surface area (Å²) in [5.41, 5.74) is 0. The topological polar surface area (TPSA) is 26.3 Å². The van der Waals surface area contributed by atoms with Gasteiger partial charge in [0.1, 0.15) is 0 Å². The van der Waals surface area contributed by atoms with Gasteiger partial charge in [0.15, 0.2) is 12.4 Å².